The Bertz CT molecular complexity index is 654. The number of nitrogens with zero attached hydrogens (tertiary/aromatic N) is 2. The molecule has 0 spiro atoms. The Kier molecular flexibility index (Phi) is 7.81. The Morgan fingerprint density at radius 1 is 1.08 bits per heavy atom. The SMILES string of the molecule is COc1cccc(CN(Cc2ccccc2)CC(Br)CCC#N)c1. The summed E-state index contributed by atoms with van der Waals surface area (Å²) in [5.74, 6) is 0.882. The topological polar surface area (TPSA) is 36.3 Å². The molecule has 0 amide bonds. The molecule has 0 aliphatic carbocycles. The summed E-state index contributed by atoms with van der Waals surface area (Å²) in [4.78, 5) is 2.72. The number of nitriles is 1. The maximum atomic E-state index is 8.78. The van der Waals surface area contributed by atoms with Crippen LogP contribution in [0.2, 0.25) is 0 Å². The number of halogens is 1. The standard InChI is InChI=1S/C20H23BrN2O/c1-24-20-11-5-9-18(13-20)15-23(16-19(21)10-6-12-22)14-17-7-3-2-4-8-17/h2-5,7-9,11,13,19H,6,10,14-16H2,1H3. The molecule has 2 aromatic carbocycles. The number of hydrogen-bond acceptors (Lipinski definition) is 3. The quantitative estimate of drug-likeness (QED) is 0.582. The summed E-state index contributed by atoms with van der Waals surface area (Å²) in [6.07, 6.45) is 1.44. The van der Waals surface area contributed by atoms with Gasteiger partial charge in [0.05, 0.1) is 13.2 Å². The van der Waals surface area contributed by atoms with Crippen LogP contribution in [0.5, 0.6) is 5.75 Å². The summed E-state index contributed by atoms with van der Waals surface area (Å²) >= 11 is 3.72. The molecule has 0 N–H and O–H groups in total. The van der Waals surface area contributed by atoms with E-state index in [0.29, 0.717) is 11.2 Å². The predicted octanol–water partition coefficient (Wildman–Crippen LogP) is 4.76. The lowest BCUT2D eigenvalue weighted by atomic mass is 10.1. The van der Waals surface area contributed by atoms with E-state index in [9.17, 15) is 0 Å². The largest absolute Gasteiger partial charge is 0.497 e. The second-order valence-electron chi connectivity index (χ2n) is 5.80. The fourth-order valence-electron chi connectivity index (χ4n) is 2.65. The van der Waals surface area contributed by atoms with Crippen LogP contribution < -0.4 is 4.74 Å². The van der Waals surface area contributed by atoms with Gasteiger partial charge in [-0.1, -0.05) is 58.4 Å². The maximum absolute atomic E-state index is 8.78. The molecule has 126 valence electrons. The van der Waals surface area contributed by atoms with E-state index in [2.05, 4.69) is 63.3 Å². The second kappa shape index (κ2) is 10.1. The number of ether oxygens (including phenoxy) is 1. The summed E-state index contributed by atoms with van der Waals surface area (Å²) in [6, 6.07) is 20.9. The Balaban J connectivity index is 2.07. The predicted molar refractivity (Wildman–Crippen MR) is 101 cm³/mol. The summed E-state index contributed by atoms with van der Waals surface area (Å²) in [6.45, 7) is 2.63. The molecule has 0 aromatic heterocycles. The Morgan fingerprint density at radius 3 is 2.50 bits per heavy atom. The van der Waals surface area contributed by atoms with Crippen molar-refractivity contribution in [2.75, 3.05) is 13.7 Å². The van der Waals surface area contributed by atoms with Crippen molar-refractivity contribution in [3.63, 3.8) is 0 Å². The first-order valence-electron chi connectivity index (χ1n) is 8.11. The fraction of sp³-hybridized carbons (Fsp3) is 0.350. The zero-order valence-electron chi connectivity index (χ0n) is 14.0. The molecule has 0 radical (unpaired) electrons. The van der Waals surface area contributed by atoms with Gasteiger partial charge >= 0.3 is 0 Å². The van der Waals surface area contributed by atoms with E-state index in [0.717, 1.165) is 31.8 Å². The molecule has 0 heterocycles. The highest BCUT2D eigenvalue weighted by molar-refractivity contribution is 9.09. The number of alkyl halides is 1. The zero-order valence-corrected chi connectivity index (χ0v) is 15.6. The van der Waals surface area contributed by atoms with Crippen molar-refractivity contribution in [1.29, 1.82) is 5.26 Å². The summed E-state index contributed by atoms with van der Waals surface area (Å²) in [5, 5.41) is 8.78. The minimum Gasteiger partial charge on any atom is -0.497 e. The number of hydrogen-bond donors (Lipinski definition) is 0. The molecule has 0 aliphatic rings. The molecule has 0 saturated heterocycles. The van der Waals surface area contributed by atoms with Crippen molar-refractivity contribution in [3.05, 3.63) is 65.7 Å². The number of methoxy groups -OCH3 is 1. The van der Waals surface area contributed by atoms with E-state index in [4.69, 9.17) is 10.00 Å². The van der Waals surface area contributed by atoms with Crippen LogP contribution in [0.15, 0.2) is 54.6 Å². The van der Waals surface area contributed by atoms with Crippen LogP contribution in [-0.2, 0) is 13.1 Å². The van der Waals surface area contributed by atoms with Crippen molar-refractivity contribution in [3.8, 4) is 11.8 Å². The van der Waals surface area contributed by atoms with Crippen molar-refractivity contribution >= 4 is 15.9 Å². The molecule has 0 aliphatic heterocycles. The van der Waals surface area contributed by atoms with Gasteiger partial charge in [0.1, 0.15) is 5.75 Å². The summed E-state index contributed by atoms with van der Waals surface area (Å²) in [5.41, 5.74) is 2.52. The zero-order chi connectivity index (χ0) is 17.2. The van der Waals surface area contributed by atoms with Crippen LogP contribution >= 0.6 is 15.9 Å². The average molecular weight is 387 g/mol. The molecule has 4 heteroatoms. The van der Waals surface area contributed by atoms with Crippen LogP contribution in [0.1, 0.15) is 24.0 Å². The fourth-order valence-corrected chi connectivity index (χ4v) is 3.29. The van der Waals surface area contributed by atoms with Crippen LogP contribution in [0.25, 0.3) is 0 Å². The van der Waals surface area contributed by atoms with Gasteiger partial charge in [-0.05, 0) is 29.7 Å². The van der Waals surface area contributed by atoms with E-state index >= 15 is 0 Å². The first-order chi connectivity index (χ1) is 11.7. The molecule has 1 atom stereocenters. The van der Waals surface area contributed by atoms with Gasteiger partial charge in [0.25, 0.3) is 0 Å². The first kappa shape index (κ1) is 18.5. The highest BCUT2D eigenvalue weighted by atomic mass is 79.9. The lowest BCUT2D eigenvalue weighted by molar-refractivity contribution is 0.256. The molecule has 0 fully saturated rings. The highest BCUT2D eigenvalue weighted by Gasteiger charge is 2.13. The minimum absolute atomic E-state index is 0.312. The summed E-state index contributed by atoms with van der Waals surface area (Å²) < 4.78 is 5.33. The Labute approximate surface area is 153 Å². The van der Waals surface area contributed by atoms with Crippen molar-refractivity contribution in [2.24, 2.45) is 0 Å². The van der Waals surface area contributed by atoms with Crippen LogP contribution in [0.3, 0.4) is 0 Å². The Hall–Kier alpha value is -1.83. The van der Waals surface area contributed by atoms with Gasteiger partial charge in [-0.25, -0.2) is 0 Å². The highest BCUT2D eigenvalue weighted by Crippen LogP contribution is 2.18. The van der Waals surface area contributed by atoms with Gasteiger partial charge in [-0.2, -0.15) is 5.26 Å². The van der Waals surface area contributed by atoms with Crippen LogP contribution in [0.4, 0.5) is 0 Å². The molecule has 2 aromatic rings. The van der Waals surface area contributed by atoms with Crippen molar-refractivity contribution in [1.82, 2.24) is 4.90 Å². The summed E-state index contributed by atoms with van der Waals surface area (Å²) in [7, 11) is 1.69. The van der Waals surface area contributed by atoms with E-state index in [1.807, 2.05) is 18.2 Å². The van der Waals surface area contributed by atoms with E-state index in [1.165, 1.54) is 11.1 Å². The molecule has 24 heavy (non-hydrogen) atoms. The molecule has 0 bridgehead atoms. The lowest BCUT2D eigenvalue weighted by Crippen LogP contribution is -2.29. The molecular formula is C20H23BrN2O. The number of rotatable bonds is 9. The second-order valence-corrected chi connectivity index (χ2v) is 7.10. The average Bonchev–Trinajstić information content (AvgIpc) is 2.61. The lowest BCUT2D eigenvalue weighted by Gasteiger charge is -2.25. The normalized spacial score (nSPS) is 11.9. The molecular weight excluding hydrogens is 364 g/mol. The van der Waals surface area contributed by atoms with E-state index in [1.54, 1.807) is 7.11 Å². The van der Waals surface area contributed by atoms with Crippen molar-refractivity contribution < 1.29 is 4.74 Å². The van der Waals surface area contributed by atoms with Gasteiger partial charge in [0.2, 0.25) is 0 Å². The van der Waals surface area contributed by atoms with Gasteiger partial charge in [-0.15, -0.1) is 0 Å². The molecule has 0 saturated carbocycles. The van der Waals surface area contributed by atoms with Gasteiger partial charge in [0, 0.05) is 30.9 Å². The van der Waals surface area contributed by atoms with Crippen LogP contribution in [-0.4, -0.2) is 23.4 Å². The first-order valence-corrected chi connectivity index (χ1v) is 9.03. The van der Waals surface area contributed by atoms with Crippen molar-refractivity contribution in [2.45, 2.75) is 30.8 Å². The third-order valence-corrected chi connectivity index (χ3v) is 4.56. The third kappa shape index (κ3) is 6.35. The number of benzene rings is 2. The van der Waals surface area contributed by atoms with E-state index in [-0.39, 0.29) is 0 Å². The van der Waals surface area contributed by atoms with Gasteiger partial charge in [0.15, 0.2) is 0 Å². The monoisotopic (exact) mass is 386 g/mol. The minimum atomic E-state index is 0.312. The third-order valence-electron chi connectivity index (χ3n) is 3.82. The van der Waals surface area contributed by atoms with Gasteiger partial charge < -0.3 is 4.74 Å². The van der Waals surface area contributed by atoms with Crippen LogP contribution in [0, 0.1) is 11.3 Å². The molecule has 3 nitrogen and oxygen atoms in total. The molecule has 1 unspecified atom stereocenters. The molecule has 2 rings (SSSR count). The van der Waals surface area contributed by atoms with E-state index < -0.39 is 0 Å². The Morgan fingerprint density at radius 2 is 1.79 bits per heavy atom. The smallest absolute Gasteiger partial charge is 0.119 e. The maximum Gasteiger partial charge on any atom is 0.119 e. The van der Waals surface area contributed by atoms with Gasteiger partial charge in [-0.3, -0.25) is 4.90 Å².